The summed E-state index contributed by atoms with van der Waals surface area (Å²) in [4.78, 5) is 40.1. The maximum absolute atomic E-state index is 14.4. The van der Waals surface area contributed by atoms with E-state index in [0.717, 1.165) is 11.1 Å². The van der Waals surface area contributed by atoms with Crippen LogP contribution in [0, 0.1) is 0 Å². The lowest BCUT2D eigenvalue weighted by atomic mass is 9.86. The van der Waals surface area contributed by atoms with E-state index in [2.05, 4.69) is 15.6 Å². The number of H-pyrrole nitrogens is 1. The van der Waals surface area contributed by atoms with Gasteiger partial charge in [-0.25, -0.2) is 4.39 Å². The van der Waals surface area contributed by atoms with Crippen LogP contribution >= 0.6 is 0 Å². The molecule has 1 aliphatic carbocycles. The number of hydrogen-bond donors (Lipinski definition) is 3. The van der Waals surface area contributed by atoms with Crippen molar-refractivity contribution in [2.45, 2.75) is 25.1 Å². The average Bonchev–Trinajstić information content (AvgIpc) is 2.74. The Morgan fingerprint density at radius 1 is 1.10 bits per heavy atom. The highest BCUT2D eigenvalue weighted by atomic mass is 19.1. The lowest BCUT2D eigenvalue weighted by molar-refractivity contribution is -0.121. The number of pyridine rings is 1. The van der Waals surface area contributed by atoms with Crippen LogP contribution in [0.3, 0.4) is 0 Å². The van der Waals surface area contributed by atoms with Gasteiger partial charge in [-0.3, -0.25) is 14.4 Å². The Bertz CT molecular complexity index is 1140. The first-order valence-electron chi connectivity index (χ1n) is 9.44. The number of aromatic amines is 1. The van der Waals surface area contributed by atoms with Crippen LogP contribution in [0.1, 0.15) is 33.9 Å². The normalized spacial score (nSPS) is 18.1. The molecule has 148 valence electrons. The Labute approximate surface area is 166 Å². The molecule has 4 rings (SSSR count). The van der Waals surface area contributed by atoms with Gasteiger partial charge >= 0.3 is 0 Å². The Morgan fingerprint density at radius 3 is 2.72 bits per heavy atom. The molecule has 0 radical (unpaired) electrons. The van der Waals surface area contributed by atoms with Gasteiger partial charge in [0.2, 0.25) is 11.3 Å². The Hall–Kier alpha value is -3.48. The van der Waals surface area contributed by atoms with E-state index in [1.54, 1.807) is 30.3 Å². The number of amides is 2. The van der Waals surface area contributed by atoms with Crippen LogP contribution < -0.4 is 16.1 Å². The molecular formula is C22H20FN3O3. The topological polar surface area (TPSA) is 91.1 Å². The van der Waals surface area contributed by atoms with Crippen LogP contribution in [-0.4, -0.2) is 29.5 Å². The zero-order valence-corrected chi connectivity index (χ0v) is 15.6. The van der Waals surface area contributed by atoms with Gasteiger partial charge < -0.3 is 15.6 Å². The van der Waals surface area contributed by atoms with E-state index in [1.165, 1.54) is 6.20 Å². The first-order chi connectivity index (χ1) is 14.0. The molecule has 1 aromatic heterocycles. The van der Waals surface area contributed by atoms with Gasteiger partial charge in [0, 0.05) is 17.1 Å². The van der Waals surface area contributed by atoms with Crippen molar-refractivity contribution in [1.29, 1.82) is 0 Å². The van der Waals surface area contributed by atoms with Crippen molar-refractivity contribution in [3.8, 4) is 0 Å². The maximum atomic E-state index is 14.4. The zero-order valence-electron chi connectivity index (χ0n) is 15.6. The first kappa shape index (κ1) is 18.9. The molecular weight excluding hydrogens is 373 g/mol. The number of carbonyl (C=O) groups excluding carboxylic acids is 2. The summed E-state index contributed by atoms with van der Waals surface area (Å²) in [7, 11) is 0. The number of hydrogen-bond acceptors (Lipinski definition) is 3. The molecule has 0 saturated heterocycles. The molecule has 1 aliphatic rings. The van der Waals surface area contributed by atoms with E-state index >= 15 is 0 Å². The monoisotopic (exact) mass is 393 g/mol. The summed E-state index contributed by atoms with van der Waals surface area (Å²) in [5, 5.41) is 5.49. The van der Waals surface area contributed by atoms with Gasteiger partial charge in [-0.15, -0.1) is 0 Å². The average molecular weight is 393 g/mol. The molecule has 2 amide bonds. The van der Waals surface area contributed by atoms with Gasteiger partial charge in [-0.05, 0) is 36.1 Å². The second-order valence-corrected chi connectivity index (χ2v) is 7.06. The number of aromatic nitrogens is 1. The molecule has 3 N–H and O–H groups in total. The predicted molar refractivity (Wildman–Crippen MR) is 107 cm³/mol. The molecule has 2 unspecified atom stereocenters. The summed E-state index contributed by atoms with van der Waals surface area (Å²) in [6.07, 6.45) is 1.10. The highest BCUT2D eigenvalue weighted by Gasteiger charge is 2.30. The highest BCUT2D eigenvalue weighted by molar-refractivity contribution is 5.98. The van der Waals surface area contributed by atoms with Gasteiger partial charge in [0.05, 0.1) is 12.6 Å². The third-order valence-corrected chi connectivity index (χ3v) is 5.20. The van der Waals surface area contributed by atoms with Crippen molar-refractivity contribution in [3.63, 3.8) is 0 Å². The summed E-state index contributed by atoms with van der Waals surface area (Å²) in [5.74, 6) is -1.17. The van der Waals surface area contributed by atoms with E-state index in [-0.39, 0.29) is 12.1 Å². The molecule has 0 spiro atoms. The molecule has 6 nitrogen and oxygen atoms in total. The van der Waals surface area contributed by atoms with Gasteiger partial charge in [-0.2, -0.15) is 0 Å². The number of fused-ring (bicyclic) bond motifs is 2. The van der Waals surface area contributed by atoms with Gasteiger partial charge in [0.25, 0.3) is 5.91 Å². The minimum absolute atomic E-state index is 0.0807. The number of aryl methyl sites for hydroxylation is 1. The third-order valence-electron chi connectivity index (χ3n) is 5.20. The number of nitrogens with one attached hydrogen (secondary N) is 3. The molecule has 0 bridgehead atoms. The fourth-order valence-electron chi connectivity index (χ4n) is 3.70. The quantitative estimate of drug-likeness (QED) is 0.636. The van der Waals surface area contributed by atoms with Crippen molar-refractivity contribution < 1.29 is 14.0 Å². The Balaban J connectivity index is 1.43. The van der Waals surface area contributed by atoms with Crippen LogP contribution in [0.4, 0.5) is 4.39 Å². The summed E-state index contributed by atoms with van der Waals surface area (Å²) in [6, 6.07) is 13.5. The van der Waals surface area contributed by atoms with Crippen molar-refractivity contribution >= 4 is 22.7 Å². The van der Waals surface area contributed by atoms with Gasteiger partial charge in [0.1, 0.15) is 11.7 Å². The Morgan fingerprint density at radius 2 is 1.86 bits per heavy atom. The predicted octanol–water partition coefficient (Wildman–Crippen LogP) is 2.40. The van der Waals surface area contributed by atoms with Crippen LogP contribution in [-0.2, 0) is 11.2 Å². The largest absolute Gasteiger partial charge is 0.360 e. The molecule has 3 aromatic rings. The van der Waals surface area contributed by atoms with E-state index in [0.29, 0.717) is 23.7 Å². The molecule has 29 heavy (non-hydrogen) atoms. The molecule has 7 heteroatoms. The van der Waals surface area contributed by atoms with E-state index < -0.39 is 29.5 Å². The second-order valence-electron chi connectivity index (χ2n) is 7.06. The maximum Gasteiger partial charge on any atom is 0.257 e. The van der Waals surface area contributed by atoms with E-state index in [4.69, 9.17) is 0 Å². The first-order valence-corrected chi connectivity index (χ1v) is 9.44. The van der Waals surface area contributed by atoms with Crippen molar-refractivity contribution in [3.05, 3.63) is 81.6 Å². The minimum atomic E-state index is -1.19. The van der Waals surface area contributed by atoms with Crippen LogP contribution in [0.15, 0.2) is 59.5 Å². The SMILES string of the molecule is O=C(CNC(=O)c1c[nH]c2ccccc2c1=O)NC1c2ccccc2CCC1F. The standard InChI is InChI=1S/C22H20FN3O3/c23-17-10-9-13-5-1-2-6-14(13)20(17)26-19(27)12-25-22(29)16-11-24-18-8-4-3-7-15(18)21(16)28/h1-8,11,17,20H,9-10,12H2,(H,24,28)(H,25,29)(H,26,27). The van der Waals surface area contributed by atoms with Crippen molar-refractivity contribution in [2.75, 3.05) is 6.54 Å². The Kier molecular flexibility index (Phi) is 5.12. The number of carbonyl (C=O) groups is 2. The zero-order chi connectivity index (χ0) is 20.4. The smallest absolute Gasteiger partial charge is 0.257 e. The van der Waals surface area contributed by atoms with Crippen LogP contribution in [0.25, 0.3) is 10.9 Å². The fraction of sp³-hybridized carbons (Fsp3) is 0.227. The molecule has 0 saturated carbocycles. The third kappa shape index (κ3) is 3.76. The summed E-state index contributed by atoms with van der Waals surface area (Å²) >= 11 is 0. The van der Waals surface area contributed by atoms with Crippen molar-refractivity contribution in [1.82, 2.24) is 15.6 Å². The fourth-order valence-corrected chi connectivity index (χ4v) is 3.70. The summed E-state index contributed by atoms with van der Waals surface area (Å²) in [5.41, 5.74) is 1.90. The van der Waals surface area contributed by atoms with Gasteiger partial charge in [-0.1, -0.05) is 36.4 Å². The number of benzene rings is 2. The van der Waals surface area contributed by atoms with Crippen LogP contribution in [0.5, 0.6) is 0 Å². The lowest BCUT2D eigenvalue weighted by Gasteiger charge is -2.29. The van der Waals surface area contributed by atoms with E-state index in [9.17, 15) is 18.8 Å². The lowest BCUT2D eigenvalue weighted by Crippen LogP contribution is -2.43. The molecule has 2 aromatic carbocycles. The molecule has 2 atom stereocenters. The number of rotatable bonds is 4. The summed E-state index contributed by atoms with van der Waals surface area (Å²) < 4.78 is 14.4. The van der Waals surface area contributed by atoms with Crippen molar-refractivity contribution in [2.24, 2.45) is 0 Å². The highest BCUT2D eigenvalue weighted by Crippen LogP contribution is 2.31. The van der Waals surface area contributed by atoms with Gasteiger partial charge in [0.15, 0.2) is 0 Å². The second kappa shape index (κ2) is 7.87. The van der Waals surface area contributed by atoms with Crippen LogP contribution in [0.2, 0.25) is 0 Å². The van der Waals surface area contributed by atoms with E-state index in [1.807, 2.05) is 18.2 Å². The molecule has 0 fully saturated rings. The summed E-state index contributed by atoms with van der Waals surface area (Å²) in [6.45, 7) is -0.351. The number of para-hydroxylation sites is 1. The number of halogens is 1. The number of alkyl halides is 1. The minimum Gasteiger partial charge on any atom is -0.360 e. The molecule has 0 aliphatic heterocycles. The molecule has 1 heterocycles.